The van der Waals surface area contributed by atoms with Crippen LogP contribution in [-0.2, 0) is 0 Å². The summed E-state index contributed by atoms with van der Waals surface area (Å²) in [5, 5.41) is 3.76. The Morgan fingerprint density at radius 3 is 1.30 bits per heavy atom. The molecule has 15 heteroatoms. The molecule has 9 aromatic rings. The second-order valence-corrected chi connectivity index (χ2v) is 13.0. The molecule has 20 radical (unpaired) electrons. The van der Waals surface area contributed by atoms with Gasteiger partial charge in [0.15, 0.2) is 17.5 Å². The van der Waals surface area contributed by atoms with Gasteiger partial charge in [0.1, 0.15) is 89.6 Å². The lowest BCUT2D eigenvalue weighted by Gasteiger charge is -2.23. The number of benzene rings is 6. The molecule has 0 spiro atoms. The van der Waals surface area contributed by atoms with E-state index in [9.17, 15) is 0 Å². The minimum atomic E-state index is 0.00333. The first kappa shape index (κ1) is 34.4. The van der Waals surface area contributed by atoms with Gasteiger partial charge >= 0.3 is 0 Å². The van der Waals surface area contributed by atoms with Gasteiger partial charge < -0.3 is 8.98 Å². The van der Waals surface area contributed by atoms with Crippen LogP contribution in [0.15, 0.2) is 89.3 Å². The van der Waals surface area contributed by atoms with Crippen molar-refractivity contribution in [3.05, 3.63) is 84.9 Å². The predicted molar refractivity (Wildman–Crippen MR) is 232 cm³/mol. The second kappa shape index (κ2) is 12.6. The van der Waals surface area contributed by atoms with Gasteiger partial charge in [0.2, 0.25) is 0 Å². The first-order valence-electron chi connectivity index (χ1n) is 16.7. The highest BCUT2D eigenvalue weighted by molar-refractivity contribution is 6.70. The van der Waals surface area contributed by atoms with Gasteiger partial charge in [0.05, 0.1) is 22.1 Å². The fourth-order valence-corrected chi connectivity index (χ4v) is 7.30. The van der Waals surface area contributed by atoms with Gasteiger partial charge in [-0.2, -0.15) is 0 Å². The van der Waals surface area contributed by atoms with Crippen molar-refractivity contribution >= 4 is 177 Å². The van der Waals surface area contributed by atoms with Gasteiger partial charge in [-0.25, -0.2) is 15.0 Å². The number of hydrogen-bond donors (Lipinski definition) is 0. The van der Waals surface area contributed by atoms with E-state index in [1.165, 1.54) is 0 Å². The predicted octanol–water partition coefficient (Wildman–Crippen LogP) is -2.19. The van der Waals surface area contributed by atoms with Crippen molar-refractivity contribution in [2.45, 2.75) is 0 Å². The summed E-state index contributed by atoms with van der Waals surface area (Å²) in [5.74, 6) is 0.188. The smallest absolute Gasteiger partial charge is 0.164 e. The van der Waals surface area contributed by atoms with Crippen LogP contribution >= 0.6 is 0 Å². The second-order valence-electron chi connectivity index (χ2n) is 13.0. The van der Waals surface area contributed by atoms with Crippen LogP contribution in [0.5, 0.6) is 0 Å². The van der Waals surface area contributed by atoms with Crippen LogP contribution < -0.4 is 54.6 Å². The van der Waals surface area contributed by atoms with Crippen LogP contribution in [0.25, 0.3) is 83.6 Å². The molecule has 6 aromatic carbocycles. The van der Waals surface area contributed by atoms with E-state index in [4.69, 9.17) is 97.8 Å². The van der Waals surface area contributed by atoms with E-state index < -0.39 is 0 Å². The van der Waals surface area contributed by atoms with E-state index >= 15 is 0 Å². The molecule has 3 aromatic heterocycles. The summed E-state index contributed by atoms with van der Waals surface area (Å²) in [6.45, 7) is 0. The van der Waals surface area contributed by atoms with Crippen LogP contribution in [0.2, 0.25) is 0 Å². The summed E-state index contributed by atoms with van der Waals surface area (Å²) < 4.78 is 8.74. The zero-order valence-electron chi connectivity index (χ0n) is 28.6. The maximum absolute atomic E-state index is 6.54. The number of furan rings is 1. The Labute approximate surface area is 324 Å². The summed E-state index contributed by atoms with van der Waals surface area (Å²) >= 11 is 0. The summed E-state index contributed by atoms with van der Waals surface area (Å²) in [6.07, 6.45) is 0. The quantitative estimate of drug-likeness (QED) is 0.201. The van der Waals surface area contributed by atoms with Crippen LogP contribution in [0, 0.1) is 0 Å². The molecule has 0 N–H and O–H groups in total. The molecule has 0 aliphatic heterocycles. The average molecular weight is 663 g/mol. The largest absolute Gasteiger partial charge is 0.456 e. The molecular weight excluding hydrogens is 649 g/mol. The van der Waals surface area contributed by atoms with E-state index in [0.29, 0.717) is 16.7 Å². The van der Waals surface area contributed by atoms with Gasteiger partial charge in [0, 0.05) is 32.8 Å². The van der Waals surface area contributed by atoms with Crippen molar-refractivity contribution in [2.75, 3.05) is 0 Å². The van der Waals surface area contributed by atoms with Crippen LogP contribution in [0.1, 0.15) is 0 Å². The summed E-state index contributed by atoms with van der Waals surface area (Å²) in [7, 11) is 63.6. The number of rotatable bonds is 4. The van der Waals surface area contributed by atoms with Crippen molar-refractivity contribution in [3.63, 3.8) is 0 Å². The Hall–Kier alpha value is -5.42. The van der Waals surface area contributed by atoms with Crippen molar-refractivity contribution in [1.29, 1.82) is 0 Å². The van der Waals surface area contributed by atoms with Gasteiger partial charge in [0.25, 0.3) is 0 Å². The van der Waals surface area contributed by atoms with Crippen LogP contribution in [0.3, 0.4) is 0 Å². The Morgan fingerprint density at radius 2 is 0.796 bits per heavy atom. The van der Waals surface area contributed by atoms with Crippen LogP contribution in [-0.4, -0.2) is 98.0 Å². The summed E-state index contributed by atoms with van der Waals surface area (Å²) in [4.78, 5) is 14.6. The van der Waals surface area contributed by atoms with Crippen molar-refractivity contribution < 1.29 is 4.42 Å². The third-order valence-corrected chi connectivity index (χ3v) is 10.0. The van der Waals surface area contributed by atoms with Crippen LogP contribution in [0.4, 0.5) is 0 Å². The molecule has 5 nitrogen and oxygen atoms in total. The topological polar surface area (TPSA) is 56.7 Å². The van der Waals surface area contributed by atoms with Gasteiger partial charge in [-0.05, 0) is 30.3 Å². The molecule has 0 amide bonds. The molecule has 0 saturated heterocycles. The van der Waals surface area contributed by atoms with Crippen molar-refractivity contribution in [3.8, 4) is 39.9 Å². The Balaban J connectivity index is 1.41. The van der Waals surface area contributed by atoms with E-state index in [2.05, 4.69) is 34.9 Å². The molecule has 0 atom stereocenters. The maximum atomic E-state index is 6.54. The first-order valence-corrected chi connectivity index (χ1v) is 16.7. The zero-order chi connectivity index (χ0) is 37.7. The summed E-state index contributed by atoms with van der Waals surface area (Å²) in [6, 6.07) is 28.1. The highest BCUT2D eigenvalue weighted by Gasteiger charge is 2.24. The van der Waals surface area contributed by atoms with Gasteiger partial charge in [-0.1, -0.05) is 76.4 Å². The van der Waals surface area contributed by atoms with Gasteiger partial charge in [-0.3, -0.25) is 0 Å². The Bertz CT molecular complexity index is 2880. The number of hydrogen-bond acceptors (Lipinski definition) is 4. The lowest BCUT2D eigenvalue weighted by atomic mass is 9.60. The van der Waals surface area contributed by atoms with E-state index in [-0.39, 0.29) is 83.2 Å². The normalized spacial score (nSPS) is 11.7. The third-order valence-electron chi connectivity index (χ3n) is 10.0. The highest BCUT2D eigenvalue weighted by Crippen LogP contribution is 2.41. The molecule has 0 aliphatic carbocycles. The molecule has 0 aliphatic rings. The van der Waals surface area contributed by atoms with Crippen molar-refractivity contribution in [2.24, 2.45) is 0 Å². The number of fused-ring (bicyclic) bond motifs is 6. The van der Waals surface area contributed by atoms with E-state index in [0.717, 1.165) is 38.3 Å². The monoisotopic (exact) mass is 664 g/mol. The minimum Gasteiger partial charge on any atom is -0.456 e. The number of nitrogens with zero attached hydrogens (tertiary/aromatic N) is 4. The molecule has 226 valence electrons. The Morgan fingerprint density at radius 1 is 0.389 bits per heavy atom. The lowest BCUT2D eigenvalue weighted by molar-refractivity contribution is 0.669. The fraction of sp³-hybridized carbons (Fsp3) is 0. The molecule has 0 unspecified atom stereocenters. The third kappa shape index (κ3) is 4.90. The van der Waals surface area contributed by atoms with Gasteiger partial charge in [-0.15, -0.1) is 32.8 Å². The molecule has 54 heavy (non-hydrogen) atoms. The van der Waals surface area contributed by atoms with Crippen molar-refractivity contribution in [1.82, 2.24) is 19.5 Å². The minimum absolute atomic E-state index is 0.00333. The first-order chi connectivity index (χ1) is 26.0. The fourth-order valence-electron chi connectivity index (χ4n) is 7.30. The van der Waals surface area contributed by atoms with E-state index in [1.54, 1.807) is 0 Å². The molecule has 0 bridgehead atoms. The maximum Gasteiger partial charge on any atom is 0.164 e. The highest BCUT2D eigenvalue weighted by atomic mass is 16.3. The molecule has 3 heterocycles. The lowest BCUT2D eigenvalue weighted by Crippen LogP contribution is -2.55. The average Bonchev–Trinajstić information content (AvgIpc) is 3.74. The number of para-hydroxylation sites is 2. The standard InChI is InChI=1S/C39H14B10N4O/c40-27-25(28(41)32(45)35(48)31(27)44)38-50-37(51-39(52-38)26-29(42)33(46)36(49)34(47)30(26)43)17-9-5-13-21-23(17)24-20(12-6-14-22(24)54-21)53-18-10-3-1-7-15(18)16-8-2-4-11-19(16)53/h1-14H. The zero-order valence-corrected chi connectivity index (χ0v) is 28.6. The molecule has 0 saturated carbocycles. The summed E-state index contributed by atoms with van der Waals surface area (Å²) in [5.41, 5.74) is 5.17. The molecule has 0 fully saturated rings. The molecular formula is C39H14B10N4O. The SMILES string of the molecule is [B]c1c([B])c([B])c(-c2nc(-c3c([B])c([B])c([B])c([B])c3[B])nc(-c3cccc4oc5cccc(-n6c7ccccc7c7ccccc76)c5c34)n2)c([B])c1[B]. The van der Waals surface area contributed by atoms with E-state index in [1.807, 2.05) is 54.6 Å². The Kier molecular flexibility index (Phi) is 8.00. The molecule has 9 rings (SSSR count). The number of aromatic nitrogens is 4.